The molecule has 92 valence electrons. The van der Waals surface area contributed by atoms with Crippen molar-refractivity contribution in [3.63, 3.8) is 0 Å². The van der Waals surface area contributed by atoms with E-state index < -0.39 is 0 Å². The van der Waals surface area contributed by atoms with Gasteiger partial charge in [0.15, 0.2) is 0 Å². The zero-order valence-corrected chi connectivity index (χ0v) is 12.2. The molecule has 0 N–H and O–H groups in total. The third kappa shape index (κ3) is 3.09. The molecule has 1 aromatic carbocycles. The molecule has 0 aromatic heterocycles. The highest BCUT2D eigenvalue weighted by Crippen LogP contribution is 2.21. The van der Waals surface area contributed by atoms with Gasteiger partial charge in [0, 0.05) is 4.47 Å². The highest BCUT2D eigenvalue weighted by atomic mass is 79.9. The van der Waals surface area contributed by atoms with E-state index in [0.717, 1.165) is 11.0 Å². The summed E-state index contributed by atoms with van der Waals surface area (Å²) in [6.45, 7) is 6.83. The minimum Gasteiger partial charge on any atom is -0.264 e. The van der Waals surface area contributed by atoms with Crippen LogP contribution in [0.3, 0.4) is 0 Å². The van der Waals surface area contributed by atoms with Crippen molar-refractivity contribution in [3.05, 3.63) is 28.7 Å². The van der Waals surface area contributed by atoms with Gasteiger partial charge in [0.05, 0.1) is 6.54 Å². The number of benzene rings is 1. The third-order valence-electron chi connectivity index (χ3n) is 3.18. The summed E-state index contributed by atoms with van der Waals surface area (Å²) in [4.78, 5) is 2.36. The predicted octanol–water partition coefficient (Wildman–Crippen LogP) is 3.50. The van der Waals surface area contributed by atoms with E-state index in [-0.39, 0.29) is 0 Å². The van der Waals surface area contributed by atoms with Crippen molar-refractivity contribution in [3.8, 4) is 0 Å². The lowest BCUT2D eigenvalue weighted by atomic mass is 10.2. The zero-order chi connectivity index (χ0) is 12.3. The molecule has 1 unspecified atom stereocenters. The van der Waals surface area contributed by atoms with Gasteiger partial charge in [-0.2, -0.15) is 0 Å². The van der Waals surface area contributed by atoms with E-state index in [1.165, 1.54) is 25.1 Å². The van der Waals surface area contributed by atoms with Crippen LogP contribution in [0.4, 0.5) is 5.69 Å². The molecule has 17 heavy (non-hydrogen) atoms. The topological polar surface area (TPSA) is 6.25 Å². The van der Waals surface area contributed by atoms with Crippen LogP contribution in [0.15, 0.2) is 28.7 Å². The van der Waals surface area contributed by atoms with Crippen molar-refractivity contribution in [2.75, 3.05) is 18.0 Å². The van der Waals surface area contributed by atoms with E-state index >= 15 is 0 Å². The third-order valence-corrected chi connectivity index (χ3v) is 3.71. The molecule has 3 heteroatoms. The van der Waals surface area contributed by atoms with Gasteiger partial charge in [-0.3, -0.25) is 4.58 Å². The van der Waals surface area contributed by atoms with Gasteiger partial charge in [-0.05, 0) is 37.6 Å². The number of anilines is 1. The number of hydrogen-bond acceptors (Lipinski definition) is 1. The smallest absolute Gasteiger partial charge is 0.239 e. The Hall–Kier alpha value is -0.830. The first kappa shape index (κ1) is 12.6. The molecule has 1 aliphatic heterocycles. The summed E-state index contributed by atoms with van der Waals surface area (Å²) in [6.07, 6.45) is 4.80. The van der Waals surface area contributed by atoms with Gasteiger partial charge in [-0.1, -0.05) is 29.3 Å². The van der Waals surface area contributed by atoms with Gasteiger partial charge in [-0.15, -0.1) is 0 Å². The Kier molecular flexibility index (Phi) is 4.21. The number of unbranched alkanes of at least 4 members (excludes halogenated alkanes) is 1. The molecule has 0 aliphatic carbocycles. The average molecular weight is 296 g/mol. The standard InChI is InChI=1S/C14H20BrN2/c1-3-4-9-16-10-12(2)17(11-16)14-7-5-13(15)6-8-14/h5-8,11-12H,3-4,9-10H2,1-2H3/q+1. The highest BCUT2D eigenvalue weighted by molar-refractivity contribution is 9.10. The van der Waals surface area contributed by atoms with Crippen molar-refractivity contribution >= 4 is 28.0 Å². The molecule has 1 heterocycles. The monoisotopic (exact) mass is 295 g/mol. The van der Waals surface area contributed by atoms with Crippen LogP contribution < -0.4 is 4.90 Å². The van der Waals surface area contributed by atoms with E-state index in [1.807, 2.05) is 0 Å². The normalized spacial score (nSPS) is 19.6. The molecule has 1 atom stereocenters. The van der Waals surface area contributed by atoms with Crippen LogP contribution in [0.5, 0.6) is 0 Å². The molecule has 0 spiro atoms. The summed E-state index contributed by atoms with van der Waals surface area (Å²) in [7, 11) is 0. The first-order chi connectivity index (χ1) is 8.20. The highest BCUT2D eigenvalue weighted by Gasteiger charge is 2.28. The Balaban J connectivity index is 2.10. The Morgan fingerprint density at radius 2 is 2.06 bits per heavy atom. The van der Waals surface area contributed by atoms with Gasteiger partial charge < -0.3 is 0 Å². The molecule has 0 saturated carbocycles. The van der Waals surface area contributed by atoms with Crippen LogP contribution in [-0.4, -0.2) is 30.0 Å². The fraction of sp³-hybridized carbons (Fsp3) is 0.500. The van der Waals surface area contributed by atoms with E-state index in [4.69, 9.17) is 0 Å². The van der Waals surface area contributed by atoms with Crippen molar-refractivity contribution in [1.29, 1.82) is 0 Å². The van der Waals surface area contributed by atoms with Crippen LogP contribution in [0.1, 0.15) is 26.7 Å². The molecule has 0 amide bonds. The molecular weight excluding hydrogens is 276 g/mol. The quantitative estimate of drug-likeness (QED) is 0.771. The number of halogens is 1. The molecular formula is C14H20BrN2+. The number of rotatable bonds is 4. The average Bonchev–Trinajstić information content (AvgIpc) is 2.69. The van der Waals surface area contributed by atoms with E-state index in [9.17, 15) is 0 Å². The molecule has 1 aromatic rings. The molecule has 0 bridgehead atoms. The van der Waals surface area contributed by atoms with E-state index in [1.54, 1.807) is 0 Å². The van der Waals surface area contributed by atoms with Gasteiger partial charge in [0.1, 0.15) is 18.3 Å². The second-order valence-corrected chi connectivity index (χ2v) is 5.61. The van der Waals surface area contributed by atoms with E-state index in [2.05, 4.69) is 69.9 Å². The van der Waals surface area contributed by atoms with Crippen LogP contribution in [0.2, 0.25) is 0 Å². The summed E-state index contributed by atoms with van der Waals surface area (Å²) in [5, 5.41) is 0. The van der Waals surface area contributed by atoms with Crippen LogP contribution in [0.25, 0.3) is 0 Å². The van der Waals surface area contributed by atoms with Gasteiger partial charge in [-0.25, -0.2) is 4.90 Å². The second-order valence-electron chi connectivity index (χ2n) is 4.70. The Labute approximate surface area is 112 Å². The maximum atomic E-state index is 3.48. The first-order valence-electron chi connectivity index (χ1n) is 6.33. The van der Waals surface area contributed by atoms with Crippen molar-refractivity contribution in [2.45, 2.75) is 32.7 Å². The maximum absolute atomic E-state index is 3.48. The minimum atomic E-state index is 0.563. The first-order valence-corrected chi connectivity index (χ1v) is 7.13. The lowest BCUT2D eigenvalue weighted by molar-refractivity contribution is -0.517. The Bertz CT molecular complexity index is 397. The van der Waals surface area contributed by atoms with Crippen molar-refractivity contribution in [1.82, 2.24) is 0 Å². The Morgan fingerprint density at radius 3 is 2.71 bits per heavy atom. The Morgan fingerprint density at radius 1 is 1.35 bits per heavy atom. The van der Waals surface area contributed by atoms with Gasteiger partial charge >= 0.3 is 0 Å². The zero-order valence-electron chi connectivity index (χ0n) is 10.6. The lowest BCUT2D eigenvalue weighted by Gasteiger charge is -2.12. The summed E-state index contributed by atoms with van der Waals surface area (Å²) in [6, 6.07) is 9.10. The van der Waals surface area contributed by atoms with Crippen LogP contribution >= 0.6 is 15.9 Å². The summed E-state index contributed by atoms with van der Waals surface area (Å²) >= 11 is 3.48. The van der Waals surface area contributed by atoms with Gasteiger partial charge in [0.25, 0.3) is 0 Å². The van der Waals surface area contributed by atoms with Gasteiger partial charge in [0.2, 0.25) is 6.34 Å². The SMILES string of the molecule is CCCC[N+]1=CN(c2ccc(Br)cc2)C(C)C1. The molecule has 0 saturated heterocycles. The molecule has 2 nitrogen and oxygen atoms in total. The largest absolute Gasteiger partial charge is 0.264 e. The summed E-state index contributed by atoms with van der Waals surface area (Å²) < 4.78 is 3.56. The van der Waals surface area contributed by atoms with Crippen molar-refractivity contribution in [2.24, 2.45) is 0 Å². The molecule has 2 rings (SSSR count). The fourth-order valence-electron chi connectivity index (χ4n) is 2.21. The lowest BCUT2D eigenvalue weighted by Crippen LogP contribution is -2.28. The van der Waals surface area contributed by atoms with Crippen molar-refractivity contribution < 1.29 is 4.58 Å². The summed E-state index contributed by atoms with van der Waals surface area (Å²) in [5.41, 5.74) is 1.28. The maximum Gasteiger partial charge on any atom is 0.239 e. The predicted molar refractivity (Wildman–Crippen MR) is 77.0 cm³/mol. The second kappa shape index (κ2) is 5.67. The van der Waals surface area contributed by atoms with E-state index in [0.29, 0.717) is 6.04 Å². The molecule has 1 aliphatic rings. The van der Waals surface area contributed by atoms with Crippen LogP contribution in [-0.2, 0) is 0 Å². The molecule has 0 fully saturated rings. The number of nitrogens with zero attached hydrogens (tertiary/aromatic N) is 2. The van der Waals surface area contributed by atoms with Crippen LogP contribution in [0, 0.1) is 0 Å². The summed E-state index contributed by atoms with van der Waals surface area (Å²) in [5.74, 6) is 0. The molecule has 0 radical (unpaired) electrons. The minimum absolute atomic E-state index is 0.563. The fourth-order valence-corrected chi connectivity index (χ4v) is 2.47. The number of hydrogen-bond donors (Lipinski definition) is 0.